The van der Waals surface area contributed by atoms with E-state index >= 15 is 0 Å². The lowest BCUT2D eigenvalue weighted by Gasteiger charge is -2.21. The van der Waals surface area contributed by atoms with Gasteiger partial charge in [-0.25, -0.2) is 4.79 Å². The highest BCUT2D eigenvalue weighted by atomic mass is 16.5. The molecule has 1 aliphatic rings. The second-order valence-electron chi connectivity index (χ2n) is 7.62. The van der Waals surface area contributed by atoms with Gasteiger partial charge in [0.05, 0.1) is 0 Å². The van der Waals surface area contributed by atoms with Gasteiger partial charge in [0.15, 0.2) is 5.82 Å². The van der Waals surface area contributed by atoms with Crippen LogP contribution in [0.4, 0.5) is 5.69 Å². The quantitative estimate of drug-likeness (QED) is 0.558. The zero-order chi connectivity index (χ0) is 20.2. The molecule has 0 saturated heterocycles. The molecule has 5 rings (SSSR count). The Hall–Kier alpha value is -3.61. The van der Waals surface area contributed by atoms with Crippen LogP contribution in [-0.4, -0.2) is 20.6 Å². The second-order valence-corrected chi connectivity index (χ2v) is 7.62. The molecule has 1 amide bonds. The summed E-state index contributed by atoms with van der Waals surface area (Å²) in [4.78, 5) is 27.8. The summed E-state index contributed by atoms with van der Waals surface area (Å²) in [7, 11) is 0. The molecule has 7 heteroatoms. The van der Waals surface area contributed by atoms with Gasteiger partial charge in [-0.1, -0.05) is 48.5 Å². The van der Waals surface area contributed by atoms with E-state index in [1.807, 2.05) is 66.1 Å². The molecular formula is C22H20N4O3. The summed E-state index contributed by atoms with van der Waals surface area (Å²) < 4.78 is 6.82. The molecule has 0 radical (unpaired) electrons. The summed E-state index contributed by atoms with van der Waals surface area (Å²) >= 11 is 0. The van der Waals surface area contributed by atoms with Gasteiger partial charge in [-0.05, 0) is 43.0 Å². The fourth-order valence-electron chi connectivity index (χ4n) is 4.37. The number of carbonyl (C=O) groups is 1. The SMILES string of the molecule is Cc1c(C(=O)Nc2ccccc2)n([C@@]2(c3noc(=O)[nH]3)C[C@@H]2C)c2ccccc12. The molecule has 0 bridgehead atoms. The predicted molar refractivity (Wildman–Crippen MR) is 109 cm³/mol. The number of H-pyrrole nitrogens is 1. The molecule has 1 saturated carbocycles. The number of hydrogen-bond donors (Lipinski definition) is 2. The van der Waals surface area contributed by atoms with Gasteiger partial charge in [0.25, 0.3) is 5.91 Å². The Morgan fingerprint density at radius 3 is 2.55 bits per heavy atom. The van der Waals surface area contributed by atoms with Crippen molar-refractivity contribution in [2.75, 3.05) is 5.32 Å². The van der Waals surface area contributed by atoms with Crippen LogP contribution in [0.15, 0.2) is 63.9 Å². The number of carbonyl (C=O) groups excluding carboxylic acids is 1. The van der Waals surface area contributed by atoms with Crippen molar-refractivity contribution in [1.29, 1.82) is 0 Å². The molecule has 2 heterocycles. The average Bonchev–Trinajstić information content (AvgIpc) is 3.06. The molecule has 0 spiro atoms. The van der Waals surface area contributed by atoms with Crippen LogP contribution in [0.5, 0.6) is 0 Å². The van der Waals surface area contributed by atoms with E-state index in [4.69, 9.17) is 4.52 Å². The van der Waals surface area contributed by atoms with E-state index in [1.165, 1.54) is 0 Å². The number of para-hydroxylation sites is 2. The van der Waals surface area contributed by atoms with E-state index in [0.717, 1.165) is 28.6 Å². The van der Waals surface area contributed by atoms with Crippen LogP contribution >= 0.6 is 0 Å². The maximum absolute atomic E-state index is 13.4. The Bertz CT molecular complexity index is 1280. The van der Waals surface area contributed by atoms with Crippen molar-refractivity contribution >= 4 is 22.5 Å². The Kier molecular flexibility index (Phi) is 3.74. The Labute approximate surface area is 166 Å². The Morgan fingerprint density at radius 2 is 1.90 bits per heavy atom. The van der Waals surface area contributed by atoms with Crippen molar-refractivity contribution in [3.63, 3.8) is 0 Å². The molecule has 0 unspecified atom stereocenters. The van der Waals surface area contributed by atoms with Crippen LogP contribution in [-0.2, 0) is 5.54 Å². The van der Waals surface area contributed by atoms with Crippen molar-refractivity contribution in [2.24, 2.45) is 5.92 Å². The van der Waals surface area contributed by atoms with E-state index in [-0.39, 0.29) is 11.8 Å². The maximum Gasteiger partial charge on any atom is 0.438 e. The third-order valence-electron chi connectivity index (χ3n) is 5.90. The van der Waals surface area contributed by atoms with E-state index in [0.29, 0.717) is 11.5 Å². The first-order chi connectivity index (χ1) is 14.0. The first-order valence-electron chi connectivity index (χ1n) is 9.56. The van der Waals surface area contributed by atoms with Gasteiger partial charge >= 0.3 is 5.76 Å². The molecule has 2 N–H and O–H groups in total. The van der Waals surface area contributed by atoms with Crippen LogP contribution in [0.2, 0.25) is 0 Å². The van der Waals surface area contributed by atoms with Crippen molar-refractivity contribution in [3.8, 4) is 0 Å². The molecule has 1 fully saturated rings. The molecule has 2 atom stereocenters. The van der Waals surface area contributed by atoms with Crippen LogP contribution < -0.4 is 11.1 Å². The smallest absolute Gasteiger partial charge is 0.322 e. The lowest BCUT2D eigenvalue weighted by atomic mass is 10.1. The highest BCUT2D eigenvalue weighted by Gasteiger charge is 2.59. The number of anilines is 1. The molecule has 146 valence electrons. The number of nitrogens with zero attached hydrogens (tertiary/aromatic N) is 2. The van der Waals surface area contributed by atoms with Gasteiger partial charge in [-0.15, -0.1) is 0 Å². The van der Waals surface area contributed by atoms with Crippen molar-refractivity contribution < 1.29 is 9.32 Å². The zero-order valence-electron chi connectivity index (χ0n) is 16.1. The lowest BCUT2D eigenvalue weighted by molar-refractivity contribution is 0.101. The highest BCUT2D eigenvalue weighted by molar-refractivity contribution is 6.08. The topological polar surface area (TPSA) is 92.9 Å². The largest absolute Gasteiger partial charge is 0.438 e. The summed E-state index contributed by atoms with van der Waals surface area (Å²) in [6.07, 6.45) is 0.749. The van der Waals surface area contributed by atoms with Gasteiger partial charge in [-0.3, -0.25) is 14.3 Å². The fraction of sp³-hybridized carbons (Fsp3) is 0.227. The average molecular weight is 388 g/mol. The number of aromatic amines is 1. The number of benzene rings is 2. The number of amides is 1. The first kappa shape index (κ1) is 17.5. The summed E-state index contributed by atoms with van der Waals surface area (Å²) in [6, 6.07) is 17.3. The number of hydrogen-bond acceptors (Lipinski definition) is 4. The number of nitrogens with one attached hydrogen (secondary N) is 2. The summed E-state index contributed by atoms with van der Waals surface area (Å²) in [6.45, 7) is 4.03. The van der Waals surface area contributed by atoms with Crippen molar-refractivity contribution in [2.45, 2.75) is 25.8 Å². The fourth-order valence-corrected chi connectivity index (χ4v) is 4.37. The first-order valence-corrected chi connectivity index (χ1v) is 9.56. The highest BCUT2D eigenvalue weighted by Crippen LogP contribution is 2.56. The van der Waals surface area contributed by atoms with Gasteiger partial charge in [0, 0.05) is 16.6 Å². The normalized spacial score (nSPS) is 20.7. The number of rotatable bonds is 4. The minimum atomic E-state index is -0.622. The molecule has 7 nitrogen and oxygen atoms in total. The Morgan fingerprint density at radius 1 is 1.21 bits per heavy atom. The number of aromatic nitrogens is 3. The van der Waals surface area contributed by atoms with Crippen LogP contribution in [0.3, 0.4) is 0 Å². The van der Waals surface area contributed by atoms with Gasteiger partial charge in [0.1, 0.15) is 11.2 Å². The molecule has 0 aliphatic heterocycles. The Balaban J connectivity index is 1.74. The van der Waals surface area contributed by atoms with E-state index in [2.05, 4.69) is 22.4 Å². The number of aryl methyl sites for hydroxylation is 1. The minimum absolute atomic E-state index is 0.182. The molecule has 4 aromatic rings. The molecule has 2 aromatic heterocycles. The monoisotopic (exact) mass is 388 g/mol. The maximum atomic E-state index is 13.4. The van der Waals surface area contributed by atoms with E-state index in [9.17, 15) is 9.59 Å². The third kappa shape index (κ3) is 2.54. The minimum Gasteiger partial charge on any atom is -0.322 e. The van der Waals surface area contributed by atoms with Gasteiger partial charge in [0.2, 0.25) is 0 Å². The molecule has 2 aromatic carbocycles. The van der Waals surface area contributed by atoms with Crippen LogP contribution in [0.1, 0.15) is 35.2 Å². The van der Waals surface area contributed by atoms with E-state index in [1.54, 1.807) is 0 Å². The standard InChI is InChI=1S/C22H20N4O3/c1-13-12-22(13,20-24-21(28)29-25-20)26-17-11-7-6-10-16(17)14(2)18(26)19(27)23-15-8-4-3-5-9-15/h3-11,13H,12H2,1-2H3,(H,23,27)(H,24,25,28)/t13-,22-/m0/s1. The van der Waals surface area contributed by atoms with Crippen LogP contribution in [0, 0.1) is 12.8 Å². The van der Waals surface area contributed by atoms with Gasteiger partial charge in [-0.2, -0.15) is 0 Å². The summed E-state index contributed by atoms with van der Waals surface area (Å²) in [5.74, 6) is -0.164. The predicted octanol–water partition coefficient (Wildman–Crippen LogP) is 3.66. The zero-order valence-corrected chi connectivity index (χ0v) is 16.1. The van der Waals surface area contributed by atoms with Crippen LogP contribution in [0.25, 0.3) is 10.9 Å². The third-order valence-corrected chi connectivity index (χ3v) is 5.90. The molecule has 29 heavy (non-hydrogen) atoms. The van der Waals surface area contributed by atoms with E-state index < -0.39 is 11.3 Å². The second kappa shape index (κ2) is 6.20. The van der Waals surface area contributed by atoms with Crippen molar-refractivity contribution in [1.82, 2.24) is 14.7 Å². The summed E-state index contributed by atoms with van der Waals surface area (Å²) in [5, 5.41) is 7.97. The van der Waals surface area contributed by atoms with Gasteiger partial charge < -0.3 is 9.88 Å². The lowest BCUT2D eigenvalue weighted by Crippen LogP contribution is -2.29. The number of fused-ring (bicyclic) bond motifs is 1. The summed E-state index contributed by atoms with van der Waals surface area (Å²) in [5.41, 5.74) is 2.48. The molecule has 1 aliphatic carbocycles. The van der Waals surface area contributed by atoms with Crippen molar-refractivity contribution in [3.05, 3.63) is 82.2 Å². The molecular weight excluding hydrogens is 368 g/mol.